The minimum Gasteiger partial charge on any atom is -0.325 e. The summed E-state index contributed by atoms with van der Waals surface area (Å²) in [4.78, 5) is 12.5. The third-order valence-corrected chi connectivity index (χ3v) is 5.41. The molecular formula is C16H21BrN2O. The summed E-state index contributed by atoms with van der Waals surface area (Å²) in [6.45, 7) is 6.21. The van der Waals surface area contributed by atoms with Crippen LogP contribution in [-0.2, 0) is 4.79 Å². The number of piperidine rings is 1. The number of benzene rings is 1. The Morgan fingerprint density at radius 2 is 2.05 bits per heavy atom. The smallest absolute Gasteiger partial charge is 0.228 e. The summed E-state index contributed by atoms with van der Waals surface area (Å²) in [5.74, 6) is 0.400. The average molecular weight is 337 g/mol. The Hall–Kier alpha value is -0.870. The number of hydrogen-bond acceptors (Lipinski definition) is 2. The molecule has 1 aromatic carbocycles. The van der Waals surface area contributed by atoms with Crippen molar-refractivity contribution in [2.45, 2.75) is 33.1 Å². The van der Waals surface area contributed by atoms with Crippen LogP contribution in [0.3, 0.4) is 0 Å². The van der Waals surface area contributed by atoms with E-state index in [1.165, 1.54) is 5.56 Å². The molecule has 108 valence electrons. The van der Waals surface area contributed by atoms with Gasteiger partial charge in [0.15, 0.2) is 0 Å². The highest BCUT2D eigenvalue weighted by atomic mass is 79.9. The Bertz CT molecular complexity index is 526. The summed E-state index contributed by atoms with van der Waals surface area (Å²) in [5.41, 5.74) is 3.54. The maximum Gasteiger partial charge on any atom is 0.228 e. The van der Waals surface area contributed by atoms with Crippen LogP contribution in [0.15, 0.2) is 16.6 Å². The van der Waals surface area contributed by atoms with E-state index in [1.807, 2.05) is 6.92 Å². The van der Waals surface area contributed by atoms with Gasteiger partial charge in [0.25, 0.3) is 0 Å². The number of rotatable bonds is 2. The Balaban J connectivity index is 1.72. The minimum absolute atomic E-state index is 0.194. The molecule has 1 saturated heterocycles. The van der Waals surface area contributed by atoms with Crippen molar-refractivity contribution in [2.75, 3.05) is 18.4 Å². The van der Waals surface area contributed by atoms with Crippen LogP contribution in [0.5, 0.6) is 0 Å². The van der Waals surface area contributed by atoms with Gasteiger partial charge in [-0.25, -0.2) is 0 Å². The van der Waals surface area contributed by atoms with Crippen LogP contribution in [-0.4, -0.2) is 19.0 Å². The van der Waals surface area contributed by atoms with Gasteiger partial charge in [0.05, 0.1) is 5.69 Å². The first-order chi connectivity index (χ1) is 9.52. The SMILES string of the molecule is Cc1cc(C)c(NC(=O)C2CC23CCNCC3)c(Br)c1. The zero-order valence-corrected chi connectivity index (χ0v) is 13.6. The third-order valence-electron chi connectivity index (χ3n) is 4.79. The molecule has 1 aliphatic carbocycles. The molecule has 0 aromatic heterocycles. The molecule has 0 radical (unpaired) electrons. The van der Waals surface area contributed by atoms with Gasteiger partial charge in [0.1, 0.15) is 0 Å². The molecule has 1 spiro atoms. The van der Waals surface area contributed by atoms with E-state index in [2.05, 4.69) is 45.6 Å². The minimum atomic E-state index is 0.194. The van der Waals surface area contributed by atoms with Gasteiger partial charge in [-0.1, -0.05) is 6.07 Å². The Morgan fingerprint density at radius 3 is 2.70 bits per heavy atom. The molecule has 20 heavy (non-hydrogen) atoms. The van der Waals surface area contributed by atoms with E-state index < -0.39 is 0 Å². The number of halogens is 1. The molecule has 1 aromatic rings. The quantitative estimate of drug-likeness (QED) is 0.869. The highest BCUT2D eigenvalue weighted by molar-refractivity contribution is 9.10. The lowest BCUT2D eigenvalue weighted by molar-refractivity contribution is -0.118. The van der Waals surface area contributed by atoms with E-state index in [1.54, 1.807) is 0 Å². The number of aryl methyl sites for hydroxylation is 2. The van der Waals surface area contributed by atoms with Gasteiger partial charge in [0.2, 0.25) is 5.91 Å². The van der Waals surface area contributed by atoms with E-state index in [4.69, 9.17) is 0 Å². The number of hydrogen-bond donors (Lipinski definition) is 2. The fraction of sp³-hybridized carbons (Fsp3) is 0.562. The summed E-state index contributed by atoms with van der Waals surface area (Å²) < 4.78 is 0.975. The van der Waals surface area contributed by atoms with E-state index in [-0.39, 0.29) is 11.8 Å². The fourth-order valence-corrected chi connectivity index (χ4v) is 4.25. The second-order valence-corrected chi connectivity index (χ2v) is 7.15. The summed E-state index contributed by atoms with van der Waals surface area (Å²) in [7, 11) is 0. The zero-order chi connectivity index (χ0) is 14.3. The summed E-state index contributed by atoms with van der Waals surface area (Å²) in [6.07, 6.45) is 3.33. The molecule has 2 aliphatic rings. The van der Waals surface area contributed by atoms with Crippen LogP contribution in [0.25, 0.3) is 0 Å². The lowest BCUT2D eigenvalue weighted by Gasteiger charge is -2.23. The van der Waals surface area contributed by atoms with Crippen molar-refractivity contribution < 1.29 is 4.79 Å². The van der Waals surface area contributed by atoms with Gasteiger partial charge >= 0.3 is 0 Å². The molecule has 1 amide bonds. The standard InChI is InChI=1S/C16H21BrN2O/c1-10-7-11(2)14(13(17)8-10)19-15(20)12-9-16(12)3-5-18-6-4-16/h7-8,12,18H,3-6,9H2,1-2H3,(H,19,20). The van der Waals surface area contributed by atoms with Crippen molar-refractivity contribution >= 4 is 27.5 Å². The second kappa shape index (κ2) is 5.15. The van der Waals surface area contributed by atoms with Gasteiger partial charge in [-0.05, 0) is 84.7 Å². The van der Waals surface area contributed by atoms with Crippen molar-refractivity contribution in [1.29, 1.82) is 0 Å². The van der Waals surface area contributed by atoms with Crippen molar-refractivity contribution in [3.8, 4) is 0 Å². The van der Waals surface area contributed by atoms with Crippen LogP contribution in [0.1, 0.15) is 30.4 Å². The Labute approximate surface area is 128 Å². The highest BCUT2D eigenvalue weighted by Crippen LogP contribution is 2.58. The van der Waals surface area contributed by atoms with Crippen molar-refractivity contribution in [2.24, 2.45) is 11.3 Å². The second-order valence-electron chi connectivity index (χ2n) is 6.30. The normalized spacial score (nSPS) is 23.6. The Kier molecular flexibility index (Phi) is 3.63. The molecule has 1 unspecified atom stereocenters. The van der Waals surface area contributed by atoms with Gasteiger partial charge in [-0.15, -0.1) is 0 Å². The number of carbonyl (C=O) groups excluding carboxylic acids is 1. The molecule has 1 heterocycles. The lowest BCUT2D eigenvalue weighted by Crippen LogP contribution is -2.31. The number of amides is 1. The summed E-state index contributed by atoms with van der Waals surface area (Å²) >= 11 is 3.56. The molecule has 1 saturated carbocycles. The monoisotopic (exact) mass is 336 g/mol. The molecule has 3 rings (SSSR count). The molecule has 0 bridgehead atoms. The van der Waals surface area contributed by atoms with E-state index >= 15 is 0 Å². The average Bonchev–Trinajstić information content (AvgIpc) is 3.08. The summed E-state index contributed by atoms with van der Waals surface area (Å²) in [5, 5.41) is 6.51. The maximum absolute atomic E-state index is 12.5. The van der Waals surface area contributed by atoms with Gasteiger partial charge in [-0.3, -0.25) is 4.79 Å². The third kappa shape index (κ3) is 2.51. The lowest BCUT2D eigenvalue weighted by atomic mass is 9.91. The molecule has 2 fully saturated rings. The number of anilines is 1. The predicted octanol–water partition coefficient (Wildman–Crippen LogP) is 3.39. The van der Waals surface area contributed by atoms with Gasteiger partial charge in [-0.2, -0.15) is 0 Å². The fourth-order valence-electron chi connectivity index (χ4n) is 3.48. The first kappa shape index (κ1) is 14.1. The first-order valence-corrected chi connectivity index (χ1v) is 8.09. The molecular weight excluding hydrogens is 316 g/mol. The van der Waals surface area contributed by atoms with Crippen LogP contribution >= 0.6 is 15.9 Å². The van der Waals surface area contributed by atoms with E-state index in [0.717, 1.165) is 48.1 Å². The number of nitrogens with one attached hydrogen (secondary N) is 2. The predicted molar refractivity (Wildman–Crippen MR) is 84.9 cm³/mol. The topological polar surface area (TPSA) is 41.1 Å². The van der Waals surface area contributed by atoms with Gasteiger partial charge < -0.3 is 10.6 Å². The Morgan fingerprint density at radius 1 is 1.35 bits per heavy atom. The number of carbonyl (C=O) groups is 1. The van der Waals surface area contributed by atoms with E-state index in [0.29, 0.717) is 5.41 Å². The van der Waals surface area contributed by atoms with Crippen LogP contribution in [0.4, 0.5) is 5.69 Å². The van der Waals surface area contributed by atoms with Crippen molar-refractivity contribution in [3.63, 3.8) is 0 Å². The molecule has 3 nitrogen and oxygen atoms in total. The molecule has 1 aliphatic heterocycles. The molecule has 4 heteroatoms. The largest absolute Gasteiger partial charge is 0.325 e. The zero-order valence-electron chi connectivity index (χ0n) is 12.1. The van der Waals surface area contributed by atoms with E-state index in [9.17, 15) is 4.79 Å². The molecule has 1 atom stereocenters. The van der Waals surface area contributed by atoms with Crippen LogP contribution in [0, 0.1) is 25.2 Å². The molecule has 2 N–H and O–H groups in total. The van der Waals surface area contributed by atoms with Gasteiger partial charge in [0, 0.05) is 10.4 Å². The van der Waals surface area contributed by atoms with Crippen molar-refractivity contribution in [3.05, 3.63) is 27.7 Å². The highest BCUT2D eigenvalue weighted by Gasteiger charge is 2.57. The maximum atomic E-state index is 12.5. The van der Waals surface area contributed by atoms with Crippen molar-refractivity contribution in [1.82, 2.24) is 5.32 Å². The summed E-state index contributed by atoms with van der Waals surface area (Å²) in [6, 6.07) is 4.16. The van der Waals surface area contributed by atoms with Crippen LogP contribution in [0.2, 0.25) is 0 Å². The first-order valence-electron chi connectivity index (χ1n) is 7.30. The van der Waals surface area contributed by atoms with Crippen LogP contribution < -0.4 is 10.6 Å².